The molecule has 0 aromatic heterocycles. The molecule has 5 nitrogen and oxygen atoms in total. The third-order valence-corrected chi connectivity index (χ3v) is 7.33. The van der Waals surface area contributed by atoms with E-state index in [0.29, 0.717) is 18.2 Å². The number of amides is 2. The van der Waals surface area contributed by atoms with Gasteiger partial charge in [-0.1, -0.05) is 40.0 Å². The van der Waals surface area contributed by atoms with Crippen LogP contribution >= 0.6 is 0 Å². The zero-order valence-electron chi connectivity index (χ0n) is 18.4. The largest absolute Gasteiger partial charge is 0.340 e. The van der Waals surface area contributed by atoms with Crippen molar-refractivity contribution in [3.05, 3.63) is 0 Å². The molecule has 0 unspecified atom stereocenters. The lowest BCUT2D eigenvalue weighted by atomic mass is 9.64. The lowest BCUT2D eigenvalue weighted by Crippen LogP contribution is -2.64. The van der Waals surface area contributed by atoms with Gasteiger partial charge in [0.25, 0.3) is 0 Å². The molecular formula is C23H41N3O2. The highest BCUT2D eigenvalue weighted by Gasteiger charge is 2.54. The molecule has 0 aromatic rings. The van der Waals surface area contributed by atoms with Crippen molar-refractivity contribution in [2.24, 2.45) is 11.3 Å². The van der Waals surface area contributed by atoms with Crippen molar-refractivity contribution in [1.82, 2.24) is 14.7 Å². The zero-order chi connectivity index (χ0) is 20.1. The van der Waals surface area contributed by atoms with Crippen molar-refractivity contribution in [1.29, 1.82) is 0 Å². The van der Waals surface area contributed by atoms with Gasteiger partial charge in [-0.25, -0.2) is 0 Å². The van der Waals surface area contributed by atoms with E-state index in [4.69, 9.17) is 0 Å². The molecule has 3 aliphatic rings. The molecule has 0 N–H and O–H groups in total. The number of hydrogen-bond acceptors (Lipinski definition) is 3. The first-order chi connectivity index (χ1) is 13.5. The summed E-state index contributed by atoms with van der Waals surface area (Å²) >= 11 is 0. The third kappa shape index (κ3) is 4.55. The molecule has 3 rings (SSSR count). The van der Waals surface area contributed by atoms with Gasteiger partial charge in [0, 0.05) is 45.2 Å². The predicted molar refractivity (Wildman–Crippen MR) is 113 cm³/mol. The van der Waals surface area contributed by atoms with E-state index < -0.39 is 0 Å². The Morgan fingerprint density at radius 1 is 1.11 bits per heavy atom. The summed E-state index contributed by atoms with van der Waals surface area (Å²) in [5, 5.41) is 0. The Balaban J connectivity index is 1.70. The standard InChI is InChI=1S/C23H41N3O2/c1-4-5-13-24-15-17-25(18-16-24)22(28)23-11-7-6-8-20(23)26(14-10-19(2)3)21(27)9-12-23/h19-20H,4-18H2,1-3H3/t20-,23-/m1/s1. The smallest absolute Gasteiger partial charge is 0.230 e. The highest BCUT2D eigenvalue weighted by molar-refractivity contribution is 5.88. The van der Waals surface area contributed by atoms with E-state index in [1.807, 2.05) is 0 Å². The molecular weight excluding hydrogens is 350 g/mol. The van der Waals surface area contributed by atoms with E-state index in [1.165, 1.54) is 12.8 Å². The number of carbonyl (C=O) groups is 2. The van der Waals surface area contributed by atoms with Crippen LogP contribution < -0.4 is 0 Å². The predicted octanol–water partition coefficient (Wildman–Crippen LogP) is 3.53. The van der Waals surface area contributed by atoms with Gasteiger partial charge in [0.2, 0.25) is 11.8 Å². The number of fused-ring (bicyclic) bond motifs is 1. The van der Waals surface area contributed by atoms with Crippen molar-refractivity contribution >= 4 is 11.8 Å². The van der Waals surface area contributed by atoms with Crippen LogP contribution in [0.1, 0.15) is 78.6 Å². The average molecular weight is 392 g/mol. The lowest BCUT2D eigenvalue weighted by molar-refractivity contribution is -0.163. The number of piperidine rings is 1. The number of likely N-dealkylation sites (tertiary alicyclic amines) is 1. The molecule has 0 aromatic carbocycles. The topological polar surface area (TPSA) is 43.9 Å². The van der Waals surface area contributed by atoms with Gasteiger partial charge < -0.3 is 9.80 Å². The van der Waals surface area contributed by atoms with E-state index in [-0.39, 0.29) is 17.4 Å². The van der Waals surface area contributed by atoms with Crippen LogP contribution in [0.2, 0.25) is 0 Å². The molecule has 1 saturated carbocycles. The number of carbonyl (C=O) groups excluding carboxylic acids is 2. The van der Waals surface area contributed by atoms with Gasteiger partial charge in [-0.2, -0.15) is 0 Å². The van der Waals surface area contributed by atoms with Gasteiger partial charge in [-0.05, 0) is 44.6 Å². The number of hydrogen-bond donors (Lipinski definition) is 0. The van der Waals surface area contributed by atoms with Crippen molar-refractivity contribution in [3.63, 3.8) is 0 Å². The van der Waals surface area contributed by atoms with Gasteiger partial charge in [0.1, 0.15) is 0 Å². The maximum atomic E-state index is 13.8. The Hall–Kier alpha value is -1.10. The van der Waals surface area contributed by atoms with Crippen LogP contribution in [-0.4, -0.2) is 71.8 Å². The molecule has 3 fully saturated rings. The van der Waals surface area contributed by atoms with Crippen molar-refractivity contribution in [2.45, 2.75) is 84.6 Å². The summed E-state index contributed by atoms with van der Waals surface area (Å²) in [5.41, 5.74) is -0.311. The molecule has 2 atom stereocenters. The van der Waals surface area contributed by atoms with Crippen LogP contribution in [0, 0.1) is 11.3 Å². The van der Waals surface area contributed by atoms with Gasteiger partial charge in [0.15, 0.2) is 0 Å². The zero-order valence-corrected chi connectivity index (χ0v) is 18.4. The summed E-state index contributed by atoms with van der Waals surface area (Å²) in [7, 11) is 0. The first-order valence-electron chi connectivity index (χ1n) is 11.8. The van der Waals surface area contributed by atoms with Gasteiger partial charge >= 0.3 is 0 Å². The summed E-state index contributed by atoms with van der Waals surface area (Å²) in [4.78, 5) is 33.3. The van der Waals surface area contributed by atoms with E-state index in [1.54, 1.807) is 0 Å². The minimum atomic E-state index is -0.311. The highest BCUT2D eigenvalue weighted by atomic mass is 16.2. The van der Waals surface area contributed by atoms with Gasteiger partial charge in [0.05, 0.1) is 5.41 Å². The molecule has 2 aliphatic heterocycles. The Labute approximate surface area is 171 Å². The molecule has 0 spiro atoms. The second kappa shape index (κ2) is 9.60. The summed E-state index contributed by atoms with van der Waals surface area (Å²) in [6.07, 6.45) is 9.07. The normalized spacial score (nSPS) is 29.3. The number of nitrogens with zero attached hydrogens (tertiary/aromatic N) is 3. The first-order valence-corrected chi connectivity index (χ1v) is 11.8. The maximum Gasteiger partial charge on any atom is 0.230 e. The summed E-state index contributed by atoms with van der Waals surface area (Å²) in [6.45, 7) is 12.4. The van der Waals surface area contributed by atoms with Gasteiger partial charge in [-0.3, -0.25) is 14.5 Å². The van der Waals surface area contributed by atoms with E-state index >= 15 is 0 Å². The Kier molecular flexibility index (Phi) is 7.41. The monoisotopic (exact) mass is 391 g/mol. The van der Waals surface area contributed by atoms with E-state index in [9.17, 15) is 9.59 Å². The minimum Gasteiger partial charge on any atom is -0.340 e. The Morgan fingerprint density at radius 2 is 1.86 bits per heavy atom. The molecule has 2 heterocycles. The first kappa shape index (κ1) is 21.6. The van der Waals surface area contributed by atoms with Crippen LogP contribution in [0.3, 0.4) is 0 Å². The second-order valence-corrected chi connectivity index (χ2v) is 9.67. The number of unbranched alkanes of at least 4 members (excludes halogenated alkanes) is 1. The Morgan fingerprint density at radius 3 is 2.54 bits per heavy atom. The minimum absolute atomic E-state index is 0.131. The van der Waals surface area contributed by atoms with Crippen molar-refractivity contribution in [3.8, 4) is 0 Å². The van der Waals surface area contributed by atoms with Crippen LogP contribution in [0.15, 0.2) is 0 Å². The third-order valence-electron chi connectivity index (χ3n) is 7.33. The summed E-state index contributed by atoms with van der Waals surface area (Å²) < 4.78 is 0. The average Bonchev–Trinajstić information content (AvgIpc) is 2.71. The summed E-state index contributed by atoms with van der Waals surface area (Å²) in [5.74, 6) is 1.22. The quantitative estimate of drug-likeness (QED) is 0.667. The molecule has 5 heteroatoms. The fraction of sp³-hybridized carbons (Fsp3) is 0.913. The molecule has 28 heavy (non-hydrogen) atoms. The molecule has 0 radical (unpaired) electrons. The second-order valence-electron chi connectivity index (χ2n) is 9.67. The Bertz CT molecular complexity index is 542. The highest BCUT2D eigenvalue weighted by Crippen LogP contribution is 2.47. The van der Waals surface area contributed by atoms with Crippen molar-refractivity contribution < 1.29 is 9.59 Å². The molecule has 2 saturated heterocycles. The maximum absolute atomic E-state index is 13.8. The van der Waals surface area contributed by atoms with Crippen LogP contribution in [0.25, 0.3) is 0 Å². The van der Waals surface area contributed by atoms with Crippen LogP contribution in [-0.2, 0) is 9.59 Å². The SMILES string of the molecule is CCCCN1CCN(C(=O)[C@@]23CCCC[C@H]2N(CCC(C)C)C(=O)CC3)CC1. The van der Waals surface area contributed by atoms with Crippen molar-refractivity contribution in [2.75, 3.05) is 39.3 Å². The molecule has 2 amide bonds. The molecule has 160 valence electrons. The van der Waals surface area contributed by atoms with Gasteiger partial charge in [-0.15, -0.1) is 0 Å². The van der Waals surface area contributed by atoms with Crippen LogP contribution in [0.4, 0.5) is 0 Å². The lowest BCUT2D eigenvalue weighted by Gasteiger charge is -2.53. The summed E-state index contributed by atoms with van der Waals surface area (Å²) in [6, 6.07) is 0.131. The van der Waals surface area contributed by atoms with E-state index in [2.05, 4.69) is 35.5 Å². The fourth-order valence-corrected chi connectivity index (χ4v) is 5.52. The van der Waals surface area contributed by atoms with Crippen LogP contribution in [0.5, 0.6) is 0 Å². The van der Waals surface area contributed by atoms with E-state index in [0.717, 1.165) is 77.8 Å². The molecule has 0 bridgehead atoms. The fourth-order valence-electron chi connectivity index (χ4n) is 5.52. The molecule has 1 aliphatic carbocycles. The number of rotatable bonds is 7. The number of piperazine rings is 1.